The summed E-state index contributed by atoms with van der Waals surface area (Å²) in [6.45, 7) is 2.76. The average molecular weight is 287 g/mol. The zero-order valence-corrected chi connectivity index (χ0v) is 13.1. The number of carbonyl (C=O) groups excluding carboxylic acids is 1. The van der Waals surface area contributed by atoms with E-state index < -0.39 is 0 Å². The molecule has 1 aromatic carbocycles. The van der Waals surface area contributed by atoms with Crippen molar-refractivity contribution in [3.8, 4) is 0 Å². The van der Waals surface area contributed by atoms with Crippen LogP contribution in [0.25, 0.3) is 0 Å². The number of hydrogen-bond acceptors (Lipinski definition) is 3. The highest BCUT2D eigenvalue weighted by Gasteiger charge is 2.26. The molecular weight excluding hydrogens is 262 g/mol. The zero-order valence-electron chi connectivity index (χ0n) is 13.1. The molecular formula is C17H25N3O. The van der Waals surface area contributed by atoms with E-state index in [1.54, 1.807) is 0 Å². The Balaban J connectivity index is 1.75. The van der Waals surface area contributed by atoms with E-state index in [4.69, 9.17) is 0 Å². The number of fused-ring (bicyclic) bond motifs is 1. The molecule has 1 N–H and O–H groups in total. The van der Waals surface area contributed by atoms with Gasteiger partial charge < -0.3 is 15.1 Å². The molecule has 0 aromatic heterocycles. The van der Waals surface area contributed by atoms with Crippen LogP contribution in [0, 0.1) is 0 Å². The second kappa shape index (κ2) is 6.06. The van der Waals surface area contributed by atoms with Gasteiger partial charge in [0.05, 0.1) is 0 Å². The van der Waals surface area contributed by atoms with E-state index in [2.05, 4.69) is 30.4 Å². The van der Waals surface area contributed by atoms with E-state index in [1.807, 2.05) is 17.0 Å². The summed E-state index contributed by atoms with van der Waals surface area (Å²) in [5.41, 5.74) is 3.27. The molecule has 2 heterocycles. The number of carbonyl (C=O) groups is 1. The number of benzene rings is 1. The predicted octanol–water partition coefficient (Wildman–Crippen LogP) is 2.21. The molecule has 2 aliphatic rings. The Bertz CT molecular complexity index is 519. The minimum Gasteiger partial charge on any atom is -0.385 e. The van der Waals surface area contributed by atoms with Gasteiger partial charge >= 0.3 is 0 Å². The molecule has 0 aliphatic carbocycles. The number of hydrogen-bond donors (Lipinski definition) is 1. The lowest BCUT2D eigenvalue weighted by Gasteiger charge is -2.35. The minimum atomic E-state index is 0.216. The monoisotopic (exact) mass is 287 g/mol. The van der Waals surface area contributed by atoms with Crippen LogP contribution in [0.4, 0.5) is 5.69 Å². The molecule has 0 radical (unpaired) electrons. The van der Waals surface area contributed by atoms with Crippen molar-refractivity contribution in [3.05, 3.63) is 29.3 Å². The Labute approximate surface area is 127 Å². The molecule has 1 saturated heterocycles. The fourth-order valence-corrected chi connectivity index (χ4v) is 3.47. The molecule has 3 rings (SSSR count). The van der Waals surface area contributed by atoms with Crippen LogP contribution < -0.4 is 5.32 Å². The smallest absolute Gasteiger partial charge is 0.254 e. The molecule has 114 valence electrons. The number of nitrogens with one attached hydrogen (secondary N) is 1. The van der Waals surface area contributed by atoms with Gasteiger partial charge in [-0.05, 0) is 57.5 Å². The Morgan fingerprint density at radius 3 is 2.76 bits per heavy atom. The summed E-state index contributed by atoms with van der Waals surface area (Å²) in [7, 11) is 4.25. The van der Waals surface area contributed by atoms with E-state index >= 15 is 0 Å². The van der Waals surface area contributed by atoms with Crippen LogP contribution in [-0.2, 0) is 6.42 Å². The summed E-state index contributed by atoms with van der Waals surface area (Å²) in [5, 5.41) is 3.41. The van der Waals surface area contributed by atoms with Crippen molar-refractivity contribution in [2.45, 2.75) is 31.7 Å². The second-order valence-electron chi connectivity index (χ2n) is 6.35. The van der Waals surface area contributed by atoms with Crippen LogP contribution in [0.1, 0.15) is 35.2 Å². The van der Waals surface area contributed by atoms with Gasteiger partial charge in [0.2, 0.25) is 0 Å². The maximum Gasteiger partial charge on any atom is 0.254 e. The highest BCUT2D eigenvalue weighted by Crippen LogP contribution is 2.27. The largest absolute Gasteiger partial charge is 0.385 e. The van der Waals surface area contributed by atoms with Crippen molar-refractivity contribution in [1.82, 2.24) is 9.80 Å². The van der Waals surface area contributed by atoms with Crippen LogP contribution in [0.2, 0.25) is 0 Å². The third-order valence-electron chi connectivity index (χ3n) is 4.81. The van der Waals surface area contributed by atoms with Gasteiger partial charge in [0.25, 0.3) is 5.91 Å². The Morgan fingerprint density at radius 1 is 1.29 bits per heavy atom. The Morgan fingerprint density at radius 2 is 2.05 bits per heavy atom. The maximum absolute atomic E-state index is 12.8. The van der Waals surface area contributed by atoms with Crippen molar-refractivity contribution in [2.75, 3.05) is 39.0 Å². The van der Waals surface area contributed by atoms with Gasteiger partial charge in [0.15, 0.2) is 0 Å². The lowest BCUT2D eigenvalue weighted by molar-refractivity contribution is 0.0662. The van der Waals surface area contributed by atoms with Crippen LogP contribution in [0.15, 0.2) is 18.2 Å². The Kier molecular flexibility index (Phi) is 4.15. The molecule has 0 bridgehead atoms. The normalized spacial score (nSPS) is 19.3. The van der Waals surface area contributed by atoms with Crippen LogP contribution >= 0.6 is 0 Å². The van der Waals surface area contributed by atoms with Crippen molar-refractivity contribution < 1.29 is 4.79 Å². The molecule has 4 heteroatoms. The quantitative estimate of drug-likeness (QED) is 0.906. The lowest BCUT2D eigenvalue weighted by Crippen LogP contribution is -2.44. The number of nitrogens with zero attached hydrogens (tertiary/aromatic N) is 2. The van der Waals surface area contributed by atoms with Crippen molar-refractivity contribution >= 4 is 11.6 Å². The van der Waals surface area contributed by atoms with E-state index in [0.29, 0.717) is 6.04 Å². The van der Waals surface area contributed by atoms with Crippen molar-refractivity contribution in [1.29, 1.82) is 0 Å². The molecule has 4 nitrogen and oxygen atoms in total. The van der Waals surface area contributed by atoms with E-state index in [0.717, 1.165) is 56.6 Å². The first kappa shape index (κ1) is 14.4. The number of rotatable bonds is 2. The van der Waals surface area contributed by atoms with Crippen LogP contribution in [0.3, 0.4) is 0 Å². The van der Waals surface area contributed by atoms with Gasteiger partial charge in [-0.1, -0.05) is 6.07 Å². The molecule has 2 aliphatic heterocycles. The summed E-state index contributed by atoms with van der Waals surface area (Å²) < 4.78 is 0. The summed E-state index contributed by atoms with van der Waals surface area (Å²) in [4.78, 5) is 17.1. The first-order chi connectivity index (χ1) is 10.2. The lowest BCUT2D eigenvalue weighted by atomic mass is 9.95. The van der Waals surface area contributed by atoms with Gasteiger partial charge in [-0.25, -0.2) is 0 Å². The van der Waals surface area contributed by atoms with Gasteiger partial charge in [0.1, 0.15) is 0 Å². The first-order valence-electron chi connectivity index (χ1n) is 7.98. The third kappa shape index (κ3) is 2.91. The molecule has 0 unspecified atom stereocenters. The topological polar surface area (TPSA) is 35.6 Å². The van der Waals surface area contributed by atoms with E-state index in [-0.39, 0.29) is 5.91 Å². The summed E-state index contributed by atoms with van der Waals surface area (Å²) >= 11 is 0. The van der Waals surface area contributed by atoms with E-state index in [1.165, 1.54) is 5.56 Å². The minimum absolute atomic E-state index is 0.216. The molecule has 1 aromatic rings. The molecule has 0 spiro atoms. The number of anilines is 1. The molecule has 0 atom stereocenters. The average Bonchev–Trinajstić information content (AvgIpc) is 2.53. The second-order valence-corrected chi connectivity index (χ2v) is 6.35. The SMILES string of the molecule is CN(C)C1CCN(C(=O)c2cccc3c2CCCN3)CC1. The standard InChI is InChI=1S/C17H25N3O/c1-19(2)13-8-11-20(12-9-13)17(21)15-5-3-7-16-14(15)6-4-10-18-16/h3,5,7,13,18H,4,6,8-12H2,1-2H3. The fourth-order valence-electron chi connectivity index (χ4n) is 3.47. The summed E-state index contributed by atoms with van der Waals surface area (Å²) in [5.74, 6) is 0.216. The Hall–Kier alpha value is -1.55. The van der Waals surface area contributed by atoms with Crippen LogP contribution in [-0.4, -0.2) is 55.5 Å². The highest BCUT2D eigenvalue weighted by molar-refractivity contribution is 5.97. The molecule has 1 amide bonds. The highest BCUT2D eigenvalue weighted by atomic mass is 16.2. The molecule has 0 saturated carbocycles. The summed E-state index contributed by atoms with van der Waals surface area (Å²) in [6.07, 6.45) is 4.27. The van der Waals surface area contributed by atoms with Gasteiger partial charge in [-0.3, -0.25) is 4.79 Å². The van der Waals surface area contributed by atoms with Crippen LogP contribution in [0.5, 0.6) is 0 Å². The number of likely N-dealkylation sites (tertiary alicyclic amines) is 1. The first-order valence-corrected chi connectivity index (χ1v) is 7.98. The van der Waals surface area contributed by atoms with Crippen molar-refractivity contribution in [3.63, 3.8) is 0 Å². The van der Waals surface area contributed by atoms with E-state index in [9.17, 15) is 4.79 Å². The van der Waals surface area contributed by atoms with Crippen molar-refractivity contribution in [2.24, 2.45) is 0 Å². The van der Waals surface area contributed by atoms with Gasteiger partial charge in [-0.2, -0.15) is 0 Å². The van der Waals surface area contributed by atoms with Gasteiger partial charge in [-0.15, -0.1) is 0 Å². The number of amides is 1. The third-order valence-corrected chi connectivity index (χ3v) is 4.81. The zero-order chi connectivity index (χ0) is 14.8. The predicted molar refractivity (Wildman–Crippen MR) is 85.9 cm³/mol. The summed E-state index contributed by atoms with van der Waals surface area (Å²) in [6, 6.07) is 6.69. The number of piperidine rings is 1. The fraction of sp³-hybridized carbons (Fsp3) is 0.588. The molecule has 1 fully saturated rings. The molecule has 21 heavy (non-hydrogen) atoms. The maximum atomic E-state index is 12.8. The van der Waals surface area contributed by atoms with Gasteiger partial charge in [0, 0.05) is 36.9 Å².